The third-order valence-corrected chi connectivity index (χ3v) is 5.94. The molecule has 5 heteroatoms. The molecule has 4 nitrogen and oxygen atoms in total. The van der Waals surface area contributed by atoms with Crippen molar-refractivity contribution in [1.29, 1.82) is 0 Å². The minimum Gasteiger partial charge on any atom is -0.339 e. The summed E-state index contributed by atoms with van der Waals surface area (Å²) >= 11 is 6.08. The van der Waals surface area contributed by atoms with Crippen molar-refractivity contribution in [2.24, 2.45) is 4.99 Å². The van der Waals surface area contributed by atoms with E-state index in [0.717, 1.165) is 43.0 Å². The molecule has 0 bridgehead atoms. The molecule has 0 aliphatic carbocycles. The summed E-state index contributed by atoms with van der Waals surface area (Å²) in [4.78, 5) is 22.5. The molecule has 1 unspecified atom stereocenters. The van der Waals surface area contributed by atoms with Gasteiger partial charge in [0, 0.05) is 24.0 Å². The zero-order valence-electron chi connectivity index (χ0n) is 16.2. The molecule has 2 aliphatic heterocycles. The van der Waals surface area contributed by atoms with Gasteiger partial charge >= 0.3 is 0 Å². The van der Waals surface area contributed by atoms with Gasteiger partial charge in [-0.15, -0.1) is 0 Å². The number of rotatable bonds is 4. The van der Waals surface area contributed by atoms with Crippen molar-refractivity contribution in [3.63, 3.8) is 0 Å². The fourth-order valence-corrected chi connectivity index (χ4v) is 4.32. The summed E-state index contributed by atoms with van der Waals surface area (Å²) in [6.07, 6.45) is 5.22. The number of piperidine rings is 1. The Kier molecular flexibility index (Phi) is 5.67. The van der Waals surface area contributed by atoms with Crippen LogP contribution in [0.25, 0.3) is 0 Å². The number of halogens is 1. The largest absolute Gasteiger partial charge is 0.339 e. The summed E-state index contributed by atoms with van der Waals surface area (Å²) in [5, 5.41) is 0.666. The predicted octanol–water partition coefficient (Wildman–Crippen LogP) is 4.92. The molecule has 4 rings (SSSR count). The SMILES string of the molecule is CCC1CCCCN1C1=N[C@@H](Cc2ccccc2)C(=O)N1c1ccc(Cl)cc1. The van der Waals surface area contributed by atoms with E-state index in [1.807, 2.05) is 42.5 Å². The second-order valence-corrected chi connectivity index (χ2v) is 7.97. The molecule has 0 spiro atoms. The molecule has 1 amide bonds. The Balaban J connectivity index is 1.69. The van der Waals surface area contributed by atoms with Crippen LogP contribution in [0, 0.1) is 0 Å². The van der Waals surface area contributed by atoms with Gasteiger partial charge in [-0.1, -0.05) is 48.9 Å². The Morgan fingerprint density at radius 2 is 1.82 bits per heavy atom. The van der Waals surface area contributed by atoms with Gasteiger partial charge < -0.3 is 4.90 Å². The number of carbonyl (C=O) groups excluding carboxylic acids is 1. The van der Waals surface area contributed by atoms with Crippen LogP contribution >= 0.6 is 11.6 Å². The van der Waals surface area contributed by atoms with Gasteiger partial charge in [-0.25, -0.2) is 9.89 Å². The van der Waals surface area contributed by atoms with Crippen molar-refractivity contribution in [3.8, 4) is 0 Å². The molecule has 2 aromatic rings. The Morgan fingerprint density at radius 3 is 2.54 bits per heavy atom. The highest BCUT2D eigenvalue weighted by molar-refractivity contribution is 6.30. The monoisotopic (exact) mass is 395 g/mol. The number of guanidine groups is 1. The van der Waals surface area contributed by atoms with Crippen LogP contribution in [0.4, 0.5) is 5.69 Å². The average molecular weight is 396 g/mol. The van der Waals surface area contributed by atoms with Crippen LogP contribution in [0.3, 0.4) is 0 Å². The lowest BCUT2D eigenvalue weighted by Crippen LogP contribution is -2.51. The first-order valence-corrected chi connectivity index (χ1v) is 10.5. The fourth-order valence-electron chi connectivity index (χ4n) is 4.19. The summed E-state index contributed by atoms with van der Waals surface area (Å²) in [5.74, 6) is 0.849. The van der Waals surface area contributed by atoms with Gasteiger partial charge in [0.2, 0.25) is 5.96 Å². The maximum atomic E-state index is 13.4. The maximum absolute atomic E-state index is 13.4. The van der Waals surface area contributed by atoms with Crippen LogP contribution in [0.15, 0.2) is 59.6 Å². The van der Waals surface area contributed by atoms with Gasteiger partial charge in [-0.2, -0.15) is 0 Å². The zero-order chi connectivity index (χ0) is 19.5. The van der Waals surface area contributed by atoms with Crippen LogP contribution < -0.4 is 4.90 Å². The highest BCUT2D eigenvalue weighted by atomic mass is 35.5. The van der Waals surface area contributed by atoms with E-state index in [2.05, 4.69) is 24.0 Å². The summed E-state index contributed by atoms with van der Waals surface area (Å²) in [6, 6.07) is 17.7. The molecule has 0 N–H and O–H groups in total. The van der Waals surface area contributed by atoms with E-state index in [1.54, 1.807) is 4.90 Å². The van der Waals surface area contributed by atoms with Gasteiger partial charge in [0.25, 0.3) is 5.91 Å². The number of hydrogen-bond donors (Lipinski definition) is 0. The van der Waals surface area contributed by atoms with E-state index >= 15 is 0 Å². The number of hydrogen-bond acceptors (Lipinski definition) is 3. The van der Waals surface area contributed by atoms with E-state index < -0.39 is 0 Å². The molecular weight excluding hydrogens is 370 g/mol. The fraction of sp³-hybridized carbons (Fsp3) is 0.391. The third kappa shape index (κ3) is 3.79. The zero-order valence-corrected chi connectivity index (χ0v) is 17.0. The predicted molar refractivity (Wildman–Crippen MR) is 115 cm³/mol. The minimum atomic E-state index is -0.382. The first-order valence-electron chi connectivity index (χ1n) is 10.1. The smallest absolute Gasteiger partial charge is 0.259 e. The Bertz CT molecular complexity index is 850. The molecule has 28 heavy (non-hydrogen) atoms. The quantitative estimate of drug-likeness (QED) is 0.736. The summed E-state index contributed by atoms with van der Waals surface area (Å²) < 4.78 is 0. The summed E-state index contributed by atoms with van der Waals surface area (Å²) in [7, 11) is 0. The number of likely N-dealkylation sites (tertiary alicyclic amines) is 1. The molecule has 0 radical (unpaired) electrons. The molecule has 0 aromatic heterocycles. The van der Waals surface area contributed by atoms with E-state index in [0.29, 0.717) is 17.5 Å². The molecule has 146 valence electrons. The van der Waals surface area contributed by atoms with Crippen LogP contribution in [0.1, 0.15) is 38.2 Å². The molecule has 2 aromatic carbocycles. The van der Waals surface area contributed by atoms with Crippen LogP contribution in [-0.2, 0) is 11.2 Å². The van der Waals surface area contributed by atoms with Gasteiger partial charge in [0.15, 0.2) is 0 Å². The van der Waals surface area contributed by atoms with Crippen molar-refractivity contribution < 1.29 is 4.79 Å². The molecule has 1 fully saturated rings. The number of benzene rings is 2. The van der Waals surface area contributed by atoms with E-state index in [9.17, 15) is 4.79 Å². The first kappa shape index (κ1) is 19.0. The lowest BCUT2D eigenvalue weighted by atomic mass is 10.0. The van der Waals surface area contributed by atoms with Gasteiger partial charge in [0.05, 0.1) is 5.69 Å². The van der Waals surface area contributed by atoms with Crippen molar-refractivity contribution in [1.82, 2.24) is 4.90 Å². The highest BCUT2D eigenvalue weighted by Crippen LogP contribution is 2.30. The van der Waals surface area contributed by atoms with Crippen molar-refractivity contribution in [2.45, 2.75) is 51.1 Å². The molecule has 1 saturated heterocycles. The number of amides is 1. The lowest BCUT2D eigenvalue weighted by molar-refractivity contribution is -0.118. The summed E-state index contributed by atoms with van der Waals surface area (Å²) in [6.45, 7) is 3.17. The molecular formula is C23H26ClN3O. The van der Waals surface area contributed by atoms with Crippen LogP contribution in [-0.4, -0.2) is 35.4 Å². The summed E-state index contributed by atoms with van der Waals surface area (Å²) in [5.41, 5.74) is 1.97. The maximum Gasteiger partial charge on any atom is 0.259 e. The lowest BCUT2D eigenvalue weighted by Gasteiger charge is -2.39. The van der Waals surface area contributed by atoms with Crippen LogP contribution in [0.5, 0.6) is 0 Å². The van der Waals surface area contributed by atoms with E-state index in [1.165, 1.54) is 6.42 Å². The van der Waals surface area contributed by atoms with E-state index in [4.69, 9.17) is 16.6 Å². The van der Waals surface area contributed by atoms with Crippen molar-refractivity contribution >= 4 is 29.2 Å². The number of aliphatic imine (C=N–C) groups is 1. The van der Waals surface area contributed by atoms with Crippen LogP contribution in [0.2, 0.25) is 5.02 Å². The second kappa shape index (κ2) is 8.36. The Hall–Kier alpha value is -2.33. The molecule has 2 heterocycles. The Labute approximate surface area is 171 Å². The van der Waals surface area contributed by atoms with Crippen molar-refractivity contribution in [2.75, 3.05) is 11.4 Å². The average Bonchev–Trinajstić information content (AvgIpc) is 3.05. The highest BCUT2D eigenvalue weighted by Gasteiger charge is 2.40. The number of nitrogens with zero attached hydrogens (tertiary/aromatic N) is 3. The topological polar surface area (TPSA) is 35.9 Å². The Morgan fingerprint density at radius 1 is 1.07 bits per heavy atom. The van der Waals surface area contributed by atoms with Gasteiger partial charge in [0.1, 0.15) is 6.04 Å². The van der Waals surface area contributed by atoms with Gasteiger partial charge in [-0.3, -0.25) is 4.79 Å². The first-order chi connectivity index (χ1) is 13.7. The minimum absolute atomic E-state index is 0.0432. The molecule has 2 aliphatic rings. The van der Waals surface area contributed by atoms with E-state index in [-0.39, 0.29) is 11.9 Å². The molecule has 0 saturated carbocycles. The number of carbonyl (C=O) groups is 1. The van der Waals surface area contributed by atoms with Gasteiger partial charge in [-0.05, 0) is 55.5 Å². The molecule has 2 atom stereocenters. The van der Waals surface area contributed by atoms with Crippen molar-refractivity contribution in [3.05, 3.63) is 65.2 Å². The normalized spacial score (nSPS) is 22.5. The number of anilines is 1. The third-order valence-electron chi connectivity index (χ3n) is 5.69. The standard InChI is InChI=1S/C23H26ClN3O/c1-2-19-10-6-7-15-26(19)23-25-21(16-17-8-4-3-5-9-17)22(28)27(23)20-13-11-18(24)12-14-20/h3-5,8-9,11-14,19,21H,2,6-7,10,15-16H2,1H3/t19?,21-/m0/s1. The second-order valence-electron chi connectivity index (χ2n) is 7.54.